The van der Waals surface area contributed by atoms with Gasteiger partial charge in [-0.1, -0.05) is 25.7 Å². The summed E-state index contributed by atoms with van der Waals surface area (Å²) in [7, 11) is 2.13. The maximum Gasteiger partial charge on any atom is 0.221 e. The van der Waals surface area contributed by atoms with Gasteiger partial charge in [-0.05, 0) is 45.7 Å². The normalized spacial score (nSPS) is 24.9. The van der Waals surface area contributed by atoms with Gasteiger partial charge in [0.05, 0.1) is 6.10 Å². The minimum atomic E-state index is 0.200. The molecule has 122 valence electrons. The van der Waals surface area contributed by atoms with Crippen molar-refractivity contribution in [3.63, 3.8) is 0 Å². The molecule has 1 aliphatic carbocycles. The van der Waals surface area contributed by atoms with Crippen molar-refractivity contribution in [1.29, 1.82) is 0 Å². The molecule has 21 heavy (non-hydrogen) atoms. The quantitative estimate of drug-likeness (QED) is 0.735. The van der Waals surface area contributed by atoms with Gasteiger partial charge in [-0.3, -0.25) is 4.79 Å². The number of carbonyl (C=O) groups excluding carboxylic acids is 1. The van der Waals surface area contributed by atoms with Gasteiger partial charge in [-0.25, -0.2) is 0 Å². The number of rotatable bonds is 7. The molecule has 2 rings (SSSR count). The fourth-order valence-electron chi connectivity index (χ4n) is 3.47. The van der Waals surface area contributed by atoms with Crippen molar-refractivity contribution in [2.45, 2.75) is 76.4 Å². The van der Waals surface area contributed by atoms with Crippen LogP contribution in [0.1, 0.15) is 64.2 Å². The van der Waals surface area contributed by atoms with Gasteiger partial charge in [0.15, 0.2) is 0 Å². The Morgan fingerprint density at radius 2 is 1.90 bits per heavy atom. The average molecular weight is 296 g/mol. The largest absolute Gasteiger partial charge is 0.378 e. The number of amides is 1. The second-order valence-electron chi connectivity index (χ2n) is 6.67. The highest BCUT2D eigenvalue weighted by Crippen LogP contribution is 2.20. The van der Waals surface area contributed by atoms with Gasteiger partial charge in [0.2, 0.25) is 5.91 Å². The predicted molar refractivity (Wildman–Crippen MR) is 85.3 cm³/mol. The standard InChI is InChI=1S/C17H32N2O2/c1-19-12-6-5-8-15(19)14-17(20)18-11-7-13-21-16-9-3-2-4-10-16/h15-16H,2-14H2,1H3,(H,18,20)/t15-/m1/s1. The molecule has 1 amide bonds. The molecule has 1 aliphatic heterocycles. The van der Waals surface area contributed by atoms with Crippen LogP contribution in [-0.2, 0) is 9.53 Å². The van der Waals surface area contributed by atoms with E-state index in [4.69, 9.17) is 4.74 Å². The first-order valence-electron chi connectivity index (χ1n) is 8.84. The van der Waals surface area contributed by atoms with Crippen molar-refractivity contribution in [3.8, 4) is 0 Å². The van der Waals surface area contributed by atoms with Crippen LogP contribution in [0.2, 0.25) is 0 Å². The van der Waals surface area contributed by atoms with Gasteiger partial charge in [0, 0.05) is 25.6 Å². The van der Waals surface area contributed by atoms with E-state index in [2.05, 4.69) is 17.3 Å². The fourth-order valence-corrected chi connectivity index (χ4v) is 3.47. The molecule has 2 fully saturated rings. The first kappa shape index (κ1) is 16.8. The number of ether oxygens (including phenoxy) is 1. The lowest BCUT2D eigenvalue weighted by atomic mass is 9.98. The number of likely N-dealkylation sites (tertiary alicyclic amines) is 1. The van der Waals surface area contributed by atoms with E-state index in [1.165, 1.54) is 44.9 Å². The van der Waals surface area contributed by atoms with Gasteiger partial charge in [0.1, 0.15) is 0 Å². The highest BCUT2D eigenvalue weighted by atomic mass is 16.5. The van der Waals surface area contributed by atoms with Crippen LogP contribution in [0.5, 0.6) is 0 Å². The summed E-state index contributed by atoms with van der Waals surface area (Å²) >= 11 is 0. The maximum absolute atomic E-state index is 11.9. The zero-order valence-corrected chi connectivity index (χ0v) is 13.6. The van der Waals surface area contributed by atoms with Crippen LogP contribution < -0.4 is 5.32 Å². The lowest BCUT2D eigenvalue weighted by Gasteiger charge is -2.31. The van der Waals surface area contributed by atoms with Gasteiger partial charge in [0.25, 0.3) is 0 Å². The summed E-state index contributed by atoms with van der Waals surface area (Å²) in [6.07, 6.45) is 12.2. The van der Waals surface area contributed by atoms with E-state index >= 15 is 0 Å². The molecule has 4 heteroatoms. The molecule has 1 saturated heterocycles. The third-order valence-electron chi connectivity index (χ3n) is 4.89. The van der Waals surface area contributed by atoms with E-state index in [0.29, 0.717) is 18.6 Å². The predicted octanol–water partition coefficient (Wildman–Crippen LogP) is 2.72. The minimum absolute atomic E-state index is 0.200. The van der Waals surface area contributed by atoms with Crippen LogP contribution >= 0.6 is 0 Å². The first-order valence-corrected chi connectivity index (χ1v) is 8.84. The van der Waals surface area contributed by atoms with Crippen molar-refractivity contribution in [2.75, 3.05) is 26.7 Å². The Labute approximate surface area is 129 Å². The van der Waals surface area contributed by atoms with Crippen molar-refractivity contribution in [2.24, 2.45) is 0 Å². The van der Waals surface area contributed by atoms with Gasteiger partial charge >= 0.3 is 0 Å². The third kappa shape index (κ3) is 6.35. The lowest BCUT2D eigenvalue weighted by molar-refractivity contribution is -0.122. The van der Waals surface area contributed by atoms with E-state index in [1.54, 1.807) is 0 Å². The van der Waals surface area contributed by atoms with Crippen LogP contribution in [0.4, 0.5) is 0 Å². The Hall–Kier alpha value is -0.610. The molecule has 0 unspecified atom stereocenters. The summed E-state index contributed by atoms with van der Waals surface area (Å²) in [4.78, 5) is 14.3. The Morgan fingerprint density at radius 3 is 2.67 bits per heavy atom. The summed E-state index contributed by atoms with van der Waals surface area (Å²) < 4.78 is 5.87. The molecule has 0 radical (unpaired) electrons. The monoisotopic (exact) mass is 296 g/mol. The zero-order valence-electron chi connectivity index (χ0n) is 13.6. The van der Waals surface area contributed by atoms with Crippen molar-refractivity contribution in [1.82, 2.24) is 10.2 Å². The minimum Gasteiger partial charge on any atom is -0.378 e. The van der Waals surface area contributed by atoms with E-state index < -0.39 is 0 Å². The summed E-state index contributed by atoms with van der Waals surface area (Å²) in [5, 5.41) is 3.04. The van der Waals surface area contributed by atoms with Crippen molar-refractivity contribution < 1.29 is 9.53 Å². The molecule has 1 saturated carbocycles. The smallest absolute Gasteiger partial charge is 0.221 e. The molecular formula is C17H32N2O2. The lowest BCUT2D eigenvalue weighted by Crippen LogP contribution is -2.40. The second-order valence-corrected chi connectivity index (χ2v) is 6.67. The van der Waals surface area contributed by atoms with Gasteiger partial charge < -0.3 is 15.0 Å². The number of piperidine rings is 1. The Bertz CT molecular complexity index is 303. The highest BCUT2D eigenvalue weighted by Gasteiger charge is 2.21. The molecule has 1 heterocycles. The van der Waals surface area contributed by atoms with Crippen LogP contribution in [-0.4, -0.2) is 49.7 Å². The summed E-state index contributed by atoms with van der Waals surface area (Å²) in [5.74, 6) is 0.200. The highest BCUT2D eigenvalue weighted by molar-refractivity contribution is 5.76. The summed E-state index contributed by atoms with van der Waals surface area (Å²) in [6.45, 7) is 2.67. The molecule has 1 N–H and O–H groups in total. The molecular weight excluding hydrogens is 264 g/mol. The number of hydrogen-bond donors (Lipinski definition) is 1. The van der Waals surface area contributed by atoms with Crippen LogP contribution in [0, 0.1) is 0 Å². The van der Waals surface area contributed by atoms with Gasteiger partial charge in [-0.2, -0.15) is 0 Å². The van der Waals surface area contributed by atoms with Crippen LogP contribution in [0.25, 0.3) is 0 Å². The molecule has 0 spiro atoms. The fraction of sp³-hybridized carbons (Fsp3) is 0.941. The average Bonchev–Trinajstić information content (AvgIpc) is 2.50. The molecule has 1 atom stereocenters. The maximum atomic E-state index is 11.9. The topological polar surface area (TPSA) is 41.6 Å². The Balaban J connectivity index is 1.48. The van der Waals surface area contributed by atoms with E-state index in [9.17, 15) is 4.79 Å². The zero-order chi connectivity index (χ0) is 14.9. The number of hydrogen-bond acceptors (Lipinski definition) is 3. The third-order valence-corrected chi connectivity index (χ3v) is 4.89. The molecule has 0 bridgehead atoms. The Kier molecular flexibility index (Phi) is 7.51. The molecule has 2 aliphatic rings. The summed E-state index contributed by atoms with van der Waals surface area (Å²) in [5.41, 5.74) is 0. The van der Waals surface area contributed by atoms with Crippen molar-refractivity contribution in [3.05, 3.63) is 0 Å². The van der Waals surface area contributed by atoms with Crippen LogP contribution in [0.15, 0.2) is 0 Å². The molecule has 0 aromatic rings. The van der Waals surface area contributed by atoms with E-state index in [0.717, 1.165) is 32.5 Å². The van der Waals surface area contributed by atoms with Gasteiger partial charge in [-0.15, -0.1) is 0 Å². The summed E-state index contributed by atoms with van der Waals surface area (Å²) in [6, 6.07) is 0.442. The van der Waals surface area contributed by atoms with E-state index in [-0.39, 0.29) is 5.91 Å². The number of carbonyl (C=O) groups is 1. The molecule has 4 nitrogen and oxygen atoms in total. The van der Waals surface area contributed by atoms with Crippen molar-refractivity contribution >= 4 is 5.91 Å². The number of nitrogens with zero attached hydrogens (tertiary/aromatic N) is 1. The number of nitrogens with one attached hydrogen (secondary N) is 1. The molecule has 0 aromatic carbocycles. The first-order chi connectivity index (χ1) is 10.3. The van der Waals surface area contributed by atoms with Crippen LogP contribution in [0.3, 0.4) is 0 Å². The molecule has 0 aromatic heterocycles. The second kappa shape index (κ2) is 9.42. The Morgan fingerprint density at radius 1 is 1.14 bits per heavy atom. The van der Waals surface area contributed by atoms with E-state index in [1.807, 2.05) is 0 Å². The SMILES string of the molecule is CN1CCCC[C@@H]1CC(=O)NCCCOC1CCCCC1.